The van der Waals surface area contributed by atoms with Gasteiger partial charge in [0.2, 0.25) is 5.95 Å². The van der Waals surface area contributed by atoms with Crippen LogP contribution in [0, 0.1) is 0 Å². The number of anilines is 1. The molecule has 0 radical (unpaired) electrons. The van der Waals surface area contributed by atoms with Crippen LogP contribution in [0.15, 0.2) is 33.9 Å². The van der Waals surface area contributed by atoms with Gasteiger partial charge in [0.25, 0.3) is 5.56 Å². The lowest BCUT2D eigenvalue weighted by Crippen LogP contribution is -2.43. The van der Waals surface area contributed by atoms with Gasteiger partial charge in [0.05, 0.1) is 6.54 Å². The molecular weight excluding hydrogens is 380 g/mol. The molecule has 8 nitrogen and oxygen atoms in total. The van der Waals surface area contributed by atoms with Crippen molar-refractivity contribution in [3.63, 3.8) is 0 Å². The predicted molar refractivity (Wildman–Crippen MR) is 110 cm³/mol. The van der Waals surface area contributed by atoms with E-state index in [1.54, 1.807) is 17.7 Å². The van der Waals surface area contributed by atoms with E-state index in [1.165, 1.54) is 4.57 Å². The van der Waals surface area contributed by atoms with Gasteiger partial charge in [0, 0.05) is 24.2 Å². The third-order valence-corrected chi connectivity index (χ3v) is 5.80. The molecule has 3 aromatic rings. The Bertz CT molecular complexity index is 1130. The Morgan fingerprint density at radius 1 is 1.29 bits per heavy atom. The molecule has 0 bridgehead atoms. The van der Waals surface area contributed by atoms with Crippen LogP contribution in [0.4, 0.5) is 5.95 Å². The van der Waals surface area contributed by atoms with Gasteiger partial charge in [-0.05, 0) is 24.5 Å². The summed E-state index contributed by atoms with van der Waals surface area (Å²) in [5, 5.41) is 4.02. The average molecular weight is 403 g/mol. The molecule has 9 heteroatoms. The maximum atomic E-state index is 12.6. The van der Waals surface area contributed by atoms with Gasteiger partial charge in [-0.1, -0.05) is 42.6 Å². The summed E-state index contributed by atoms with van der Waals surface area (Å²) in [6.45, 7) is 0.349. The standard InChI is InChI=1S/C19H23ClN6O2/c1-25-16-15(17(27)24-19(25)28)26(10-11-6-2-3-7-12(11)20)18(23-16)22-14-9-5-4-8-13(14)21/h2-3,6-7,13-14H,4-5,8-10,21H2,1H3,(H,22,23)(H,24,27,28)/t13-,14+/m0/s1. The maximum Gasteiger partial charge on any atom is 0.329 e. The maximum absolute atomic E-state index is 12.6. The highest BCUT2D eigenvalue weighted by molar-refractivity contribution is 6.31. The van der Waals surface area contributed by atoms with Crippen molar-refractivity contribution < 1.29 is 0 Å². The van der Waals surface area contributed by atoms with Crippen LogP contribution < -0.4 is 22.3 Å². The Hall–Kier alpha value is -2.58. The van der Waals surface area contributed by atoms with Crippen LogP contribution in [0.5, 0.6) is 0 Å². The number of aryl methyl sites for hydroxylation is 1. The molecule has 148 valence electrons. The SMILES string of the molecule is Cn1c(=O)[nH]c(=O)c2c1nc(N[C@@H]1CCCC[C@@H]1N)n2Cc1ccccc1Cl. The first kappa shape index (κ1) is 18.8. The largest absolute Gasteiger partial charge is 0.351 e. The second-order valence-corrected chi connectivity index (χ2v) is 7.71. The minimum absolute atomic E-state index is 0.0180. The number of rotatable bonds is 4. The van der Waals surface area contributed by atoms with Crippen molar-refractivity contribution in [3.05, 3.63) is 55.7 Å². The number of nitrogens with two attached hydrogens (primary N) is 1. The lowest BCUT2D eigenvalue weighted by molar-refractivity contribution is 0.401. The second-order valence-electron chi connectivity index (χ2n) is 7.30. The Morgan fingerprint density at radius 2 is 2.04 bits per heavy atom. The van der Waals surface area contributed by atoms with Crippen molar-refractivity contribution >= 4 is 28.7 Å². The fraction of sp³-hybridized carbons (Fsp3) is 0.421. The molecule has 1 aliphatic carbocycles. The van der Waals surface area contributed by atoms with E-state index in [0.717, 1.165) is 31.2 Å². The van der Waals surface area contributed by atoms with Crippen LogP contribution in [0.2, 0.25) is 5.02 Å². The average Bonchev–Trinajstić information content (AvgIpc) is 3.02. The zero-order valence-electron chi connectivity index (χ0n) is 15.6. The molecule has 2 atom stereocenters. The number of fused-ring (bicyclic) bond motifs is 1. The van der Waals surface area contributed by atoms with Crippen LogP contribution in [0.25, 0.3) is 11.2 Å². The summed E-state index contributed by atoms with van der Waals surface area (Å²) in [6, 6.07) is 7.54. The lowest BCUT2D eigenvalue weighted by Gasteiger charge is -2.29. The second kappa shape index (κ2) is 7.44. The molecule has 1 aromatic carbocycles. The van der Waals surface area contributed by atoms with Gasteiger partial charge in [0.1, 0.15) is 0 Å². The number of hydrogen-bond acceptors (Lipinski definition) is 5. The zero-order chi connectivity index (χ0) is 19.8. The van der Waals surface area contributed by atoms with E-state index in [4.69, 9.17) is 17.3 Å². The highest BCUT2D eigenvalue weighted by atomic mass is 35.5. The van der Waals surface area contributed by atoms with Crippen LogP contribution in [-0.2, 0) is 13.6 Å². The number of nitrogens with one attached hydrogen (secondary N) is 2. The van der Waals surface area contributed by atoms with E-state index in [9.17, 15) is 9.59 Å². The van der Waals surface area contributed by atoms with Gasteiger partial charge in [0.15, 0.2) is 11.2 Å². The fourth-order valence-corrected chi connectivity index (χ4v) is 4.00. The van der Waals surface area contributed by atoms with Crippen LogP contribution in [0.3, 0.4) is 0 Å². The molecule has 28 heavy (non-hydrogen) atoms. The fourth-order valence-electron chi connectivity index (χ4n) is 3.80. The summed E-state index contributed by atoms with van der Waals surface area (Å²) >= 11 is 6.34. The minimum atomic E-state index is -0.499. The summed E-state index contributed by atoms with van der Waals surface area (Å²) in [5.74, 6) is 0.518. The molecule has 1 aliphatic rings. The molecule has 1 fully saturated rings. The zero-order valence-corrected chi connectivity index (χ0v) is 16.4. The number of aromatic nitrogens is 4. The van der Waals surface area contributed by atoms with Crippen LogP contribution in [0.1, 0.15) is 31.2 Å². The van der Waals surface area contributed by atoms with E-state index in [1.807, 2.05) is 18.2 Å². The Labute approximate surface area is 166 Å². The van der Waals surface area contributed by atoms with Crippen molar-refractivity contribution in [1.29, 1.82) is 0 Å². The summed E-state index contributed by atoms with van der Waals surface area (Å²) < 4.78 is 3.11. The molecule has 2 aromatic heterocycles. The number of halogens is 1. The monoisotopic (exact) mass is 402 g/mol. The minimum Gasteiger partial charge on any atom is -0.351 e. The number of aromatic amines is 1. The van der Waals surface area contributed by atoms with E-state index in [-0.39, 0.29) is 12.1 Å². The van der Waals surface area contributed by atoms with Gasteiger partial charge in [-0.15, -0.1) is 0 Å². The normalized spacial score (nSPS) is 19.8. The Balaban J connectivity index is 1.86. The first-order chi connectivity index (χ1) is 13.5. The van der Waals surface area contributed by atoms with Gasteiger partial charge in [-0.2, -0.15) is 4.98 Å². The summed E-state index contributed by atoms with van der Waals surface area (Å²) in [7, 11) is 1.59. The van der Waals surface area contributed by atoms with E-state index < -0.39 is 11.2 Å². The third kappa shape index (κ3) is 3.33. The summed E-state index contributed by atoms with van der Waals surface area (Å²) in [5.41, 5.74) is 6.82. The van der Waals surface area contributed by atoms with Crippen molar-refractivity contribution in [2.45, 2.75) is 44.3 Å². The molecular formula is C19H23ClN6O2. The van der Waals surface area contributed by atoms with Crippen molar-refractivity contribution in [2.75, 3.05) is 5.32 Å². The predicted octanol–water partition coefficient (Wildman–Crippen LogP) is 1.81. The number of hydrogen-bond donors (Lipinski definition) is 3. The molecule has 0 unspecified atom stereocenters. The van der Waals surface area contributed by atoms with E-state index >= 15 is 0 Å². The molecule has 0 aliphatic heterocycles. The number of imidazole rings is 1. The molecule has 0 spiro atoms. The molecule has 0 saturated heterocycles. The number of benzene rings is 1. The number of nitrogens with zero attached hydrogens (tertiary/aromatic N) is 3. The first-order valence-electron chi connectivity index (χ1n) is 9.41. The van der Waals surface area contributed by atoms with Crippen LogP contribution in [-0.4, -0.2) is 31.2 Å². The number of H-pyrrole nitrogens is 1. The van der Waals surface area contributed by atoms with Gasteiger partial charge >= 0.3 is 5.69 Å². The highest BCUT2D eigenvalue weighted by Crippen LogP contribution is 2.25. The van der Waals surface area contributed by atoms with Gasteiger partial charge in [-0.3, -0.25) is 18.9 Å². The smallest absolute Gasteiger partial charge is 0.329 e. The first-order valence-corrected chi connectivity index (χ1v) is 9.78. The summed E-state index contributed by atoms with van der Waals surface area (Å²) in [6.07, 6.45) is 4.09. The molecule has 1 saturated carbocycles. The van der Waals surface area contributed by atoms with Crippen molar-refractivity contribution in [3.8, 4) is 0 Å². The topological polar surface area (TPSA) is 111 Å². The summed E-state index contributed by atoms with van der Waals surface area (Å²) in [4.78, 5) is 31.6. The van der Waals surface area contributed by atoms with E-state index in [0.29, 0.717) is 28.7 Å². The Kier molecular flexibility index (Phi) is 4.99. The Morgan fingerprint density at radius 3 is 2.79 bits per heavy atom. The lowest BCUT2D eigenvalue weighted by atomic mass is 9.91. The van der Waals surface area contributed by atoms with E-state index in [2.05, 4.69) is 15.3 Å². The highest BCUT2D eigenvalue weighted by Gasteiger charge is 2.25. The molecule has 2 heterocycles. The van der Waals surface area contributed by atoms with Crippen molar-refractivity contribution in [2.24, 2.45) is 12.8 Å². The quantitative estimate of drug-likeness (QED) is 0.616. The molecule has 4 N–H and O–H groups in total. The van der Waals surface area contributed by atoms with Crippen LogP contribution >= 0.6 is 11.6 Å². The van der Waals surface area contributed by atoms with Gasteiger partial charge < -0.3 is 11.1 Å². The third-order valence-electron chi connectivity index (χ3n) is 5.43. The molecule has 0 amide bonds. The molecule has 4 rings (SSSR count). The van der Waals surface area contributed by atoms with Gasteiger partial charge in [-0.25, -0.2) is 4.79 Å². The van der Waals surface area contributed by atoms with Crippen molar-refractivity contribution in [1.82, 2.24) is 19.1 Å².